The lowest BCUT2D eigenvalue weighted by molar-refractivity contribution is -0.136. The van der Waals surface area contributed by atoms with Gasteiger partial charge in [-0.15, -0.1) is 0 Å². The van der Waals surface area contributed by atoms with Gasteiger partial charge in [0, 0.05) is 21.8 Å². The van der Waals surface area contributed by atoms with Gasteiger partial charge in [0.15, 0.2) is 0 Å². The molecule has 0 unspecified atom stereocenters. The average molecular weight is 490 g/mol. The van der Waals surface area contributed by atoms with Crippen molar-refractivity contribution in [1.29, 1.82) is 0 Å². The molecule has 3 aromatic rings. The van der Waals surface area contributed by atoms with E-state index < -0.39 is 17.6 Å². The molecule has 0 aliphatic rings. The van der Waals surface area contributed by atoms with Crippen LogP contribution in [0.1, 0.15) is 11.1 Å². The van der Waals surface area contributed by atoms with Crippen LogP contribution in [0, 0.1) is 5.82 Å². The second kappa shape index (κ2) is 11.3. The number of anilines is 1. The lowest BCUT2D eigenvalue weighted by atomic mass is 10.2. The summed E-state index contributed by atoms with van der Waals surface area (Å²) in [5, 5.41) is 6.83. The van der Waals surface area contributed by atoms with Crippen LogP contribution in [0.5, 0.6) is 11.5 Å². The van der Waals surface area contributed by atoms with Gasteiger partial charge in [-0.05, 0) is 54.6 Å². The number of hydrogen-bond acceptors (Lipinski definition) is 5. The first-order chi connectivity index (χ1) is 15.9. The van der Waals surface area contributed by atoms with Crippen molar-refractivity contribution in [2.24, 2.45) is 5.10 Å². The molecule has 3 aromatic carbocycles. The Bertz CT molecular complexity index is 1170. The molecule has 0 fully saturated rings. The summed E-state index contributed by atoms with van der Waals surface area (Å²) in [4.78, 5) is 24.1. The van der Waals surface area contributed by atoms with E-state index in [1.807, 2.05) is 0 Å². The molecule has 33 heavy (non-hydrogen) atoms. The van der Waals surface area contributed by atoms with Gasteiger partial charge in [-0.1, -0.05) is 29.3 Å². The number of hydrazone groups is 1. The number of rotatable bonds is 7. The molecule has 0 aliphatic carbocycles. The Morgan fingerprint density at radius 1 is 1.06 bits per heavy atom. The van der Waals surface area contributed by atoms with E-state index in [1.165, 1.54) is 31.5 Å². The number of carbonyl (C=O) groups is 2. The first kappa shape index (κ1) is 24.0. The zero-order valence-corrected chi connectivity index (χ0v) is 18.8. The van der Waals surface area contributed by atoms with Crippen LogP contribution in [0.2, 0.25) is 10.0 Å². The Balaban J connectivity index is 1.63. The van der Waals surface area contributed by atoms with Crippen molar-refractivity contribution >= 4 is 46.9 Å². The largest absolute Gasteiger partial charge is 0.497 e. The molecule has 7 nitrogen and oxygen atoms in total. The number of methoxy groups -OCH3 is 1. The summed E-state index contributed by atoms with van der Waals surface area (Å²) in [7, 11) is 1.52. The third kappa shape index (κ3) is 6.68. The molecule has 10 heteroatoms. The van der Waals surface area contributed by atoms with Crippen molar-refractivity contribution in [3.8, 4) is 11.5 Å². The molecule has 0 aliphatic heterocycles. The zero-order valence-electron chi connectivity index (χ0n) is 17.3. The Kier molecular flexibility index (Phi) is 8.23. The lowest BCUT2D eigenvalue weighted by Crippen LogP contribution is -2.32. The number of amides is 2. The molecule has 0 saturated heterocycles. The quantitative estimate of drug-likeness (QED) is 0.283. The molecule has 2 amide bonds. The van der Waals surface area contributed by atoms with Gasteiger partial charge in [0.05, 0.1) is 18.3 Å². The first-order valence-corrected chi connectivity index (χ1v) is 10.3. The predicted molar refractivity (Wildman–Crippen MR) is 125 cm³/mol. The minimum absolute atomic E-state index is 0.134. The number of nitrogens with one attached hydrogen (secondary N) is 2. The van der Waals surface area contributed by atoms with E-state index in [1.54, 1.807) is 42.5 Å². The van der Waals surface area contributed by atoms with Gasteiger partial charge in [0.1, 0.15) is 23.9 Å². The maximum Gasteiger partial charge on any atom is 0.329 e. The molecule has 0 aromatic heterocycles. The van der Waals surface area contributed by atoms with Crippen LogP contribution in [0.15, 0.2) is 65.8 Å². The molecule has 0 radical (unpaired) electrons. The van der Waals surface area contributed by atoms with Crippen molar-refractivity contribution in [3.63, 3.8) is 0 Å². The van der Waals surface area contributed by atoms with E-state index in [2.05, 4.69) is 15.8 Å². The van der Waals surface area contributed by atoms with Crippen molar-refractivity contribution < 1.29 is 23.5 Å². The fraction of sp³-hybridized carbons (Fsp3) is 0.0870. The van der Waals surface area contributed by atoms with Gasteiger partial charge in [0.2, 0.25) is 0 Å². The molecule has 0 saturated carbocycles. The summed E-state index contributed by atoms with van der Waals surface area (Å²) in [5.41, 5.74) is 3.13. The van der Waals surface area contributed by atoms with Crippen LogP contribution in [0.3, 0.4) is 0 Å². The monoisotopic (exact) mass is 489 g/mol. The minimum Gasteiger partial charge on any atom is -0.497 e. The molecule has 3 rings (SSSR count). The number of carbonyl (C=O) groups excluding carboxylic acids is 2. The highest BCUT2D eigenvalue weighted by Gasteiger charge is 2.13. The highest BCUT2D eigenvalue weighted by molar-refractivity contribution is 6.39. The molecular weight excluding hydrogens is 472 g/mol. The standard InChI is InChI=1S/C23H18Cl2FN3O4/c1-32-17-8-6-16(7-9-17)28-22(30)23(31)29-27-12-14-11-15(24)5-10-21(14)33-13-18-19(25)3-2-4-20(18)26/h2-12H,13H2,1H3,(H,28,30)(H,29,31)/b27-12-. The van der Waals surface area contributed by atoms with E-state index in [0.29, 0.717) is 27.8 Å². The van der Waals surface area contributed by atoms with Crippen molar-refractivity contribution in [1.82, 2.24) is 5.43 Å². The van der Waals surface area contributed by atoms with Gasteiger partial charge in [-0.2, -0.15) is 5.10 Å². The van der Waals surface area contributed by atoms with E-state index in [-0.39, 0.29) is 17.2 Å². The van der Waals surface area contributed by atoms with Gasteiger partial charge in [-0.25, -0.2) is 9.82 Å². The van der Waals surface area contributed by atoms with Crippen LogP contribution < -0.4 is 20.2 Å². The van der Waals surface area contributed by atoms with Gasteiger partial charge in [-0.3, -0.25) is 9.59 Å². The van der Waals surface area contributed by atoms with E-state index in [0.717, 1.165) is 0 Å². The molecule has 170 valence electrons. The summed E-state index contributed by atoms with van der Waals surface area (Å²) >= 11 is 12.1. The topological polar surface area (TPSA) is 89.0 Å². The SMILES string of the molecule is COc1ccc(NC(=O)C(=O)N/N=C\c2cc(Cl)ccc2OCc2c(F)cccc2Cl)cc1. The smallest absolute Gasteiger partial charge is 0.329 e. The summed E-state index contributed by atoms with van der Waals surface area (Å²) < 4.78 is 24.7. The van der Waals surface area contributed by atoms with Crippen LogP contribution in [0.4, 0.5) is 10.1 Å². The number of hydrogen-bond donors (Lipinski definition) is 2. The first-order valence-electron chi connectivity index (χ1n) is 9.51. The zero-order chi connectivity index (χ0) is 23.8. The van der Waals surface area contributed by atoms with E-state index in [9.17, 15) is 14.0 Å². The second-order valence-corrected chi connectivity index (χ2v) is 7.40. The summed E-state index contributed by atoms with van der Waals surface area (Å²) in [6.07, 6.45) is 1.25. The Morgan fingerprint density at radius 3 is 2.52 bits per heavy atom. The normalized spacial score (nSPS) is 10.7. The molecular formula is C23H18Cl2FN3O4. The second-order valence-electron chi connectivity index (χ2n) is 6.55. The van der Waals surface area contributed by atoms with E-state index >= 15 is 0 Å². The maximum atomic E-state index is 14.0. The van der Waals surface area contributed by atoms with Gasteiger partial charge >= 0.3 is 11.8 Å². The molecule has 0 bridgehead atoms. The van der Waals surface area contributed by atoms with Gasteiger partial charge < -0.3 is 14.8 Å². The van der Waals surface area contributed by atoms with Crippen molar-refractivity contribution in [2.75, 3.05) is 12.4 Å². The average Bonchev–Trinajstić information content (AvgIpc) is 2.80. The third-order valence-electron chi connectivity index (χ3n) is 4.33. The summed E-state index contributed by atoms with van der Waals surface area (Å²) in [6.45, 7) is -0.134. The number of ether oxygens (including phenoxy) is 2. The van der Waals surface area contributed by atoms with Crippen LogP contribution in [0.25, 0.3) is 0 Å². The van der Waals surface area contributed by atoms with E-state index in [4.69, 9.17) is 32.7 Å². The minimum atomic E-state index is -0.982. The van der Waals surface area contributed by atoms with Crippen LogP contribution in [-0.4, -0.2) is 25.1 Å². The Labute approximate surface area is 199 Å². The van der Waals surface area contributed by atoms with Crippen LogP contribution >= 0.6 is 23.2 Å². The third-order valence-corrected chi connectivity index (χ3v) is 4.92. The van der Waals surface area contributed by atoms with Crippen molar-refractivity contribution in [2.45, 2.75) is 6.61 Å². The molecule has 0 atom stereocenters. The number of nitrogens with zero attached hydrogens (tertiary/aromatic N) is 1. The highest BCUT2D eigenvalue weighted by atomic mass is 35.5. The number of halogens is 3. The predicted octanol–water partition coefficient (Wildman–Crippen LogP) is 4.81. The fourth-order valence-corrected chi connectivity index (χ4v) is 3.04. The lowest BCUT2D eigenvalue weighted by Gasteiger charge is -2.11. The summed E-state index contributed by atoms with van der Waals surface area (Å²) in [6, 6.07) is 15.5. The maximum absolute atomic E-state index is 14.0. The van der Waals surface area contributed by atoms with Crippen LogP contribution in [-0.2, 0) is 16.2 Å². The molecule has 2 N–H and O–H groups in total. The molecule has 0 spiro atoms. The highest BCUT2D eigenvalue weighted by Crippen LogP contribution is 2.25. The summed E-state index contributed by atoms with van der Waals surface area (Å²) in [5.74, 6) is -1.46. The van der Waals surface area contributed by atoms with Gasteiger partial charge in [0.25, 0.3) is 0 Å². The molecule has 0 heterocycles. The van der Waals surface area contributed by atoms with Crippen molar-refractivity contribution in [3.05, 3.63) is 87.7 Å². The number of benzene rings is 3. The Hall–Kier alpha value is -3.62. The fourth-order valence-electron chi connectivity index (χ4n) is 2.65. The Morgan fingerprint density at radius 2 is 1.82 bits per heavy atom.